The summed E-state index contributed by atoms with van der Waals surface area (Å²) in [5, 5.41) is 5.98. The second-order valence-electron chi connectivity index (χ2n) is 8.18. The summed E-state index contributed by atoms with van der Waals surface area (Å²) in [5.41, 5.74) is 2.19. The zero-order chi connectivity index (χ0) is 22.1. The lowest BCUT2D eigenvalue weighted by Crippen LogP contribution is -2.37. The Morgan fingerprint density at radius 1 is 1.06 bits per heavy atom. The van der Waals surface area contributed by atoms with Gasteiger partial charge in [0, 0.05) is 36.1 Å². The molecular weight excluding hydrogens is 390 g/mol. The summed E-state index contributed by atoms with van der Waals surface area (Å²) in [4.78, 5) is 26.8. The van der Waals surface area contributed by atoms with Gasteiger partial charge in [-0.05, 0) is 61.6 Å². The normalized spacial score (nSPS) is 14.2. The van der Waals surface area contributed by atoms with E-state index in [1.54, 1.807) is 0 Å². The smallest absolute Gasteiger partial charge is 0.253 e. The van der Waals surface area contributed by atoms with E-state index < -0.39 is 0 Å². The first-order valence-electron chi connectivity index (χ1n) is 11.2. The SMILES string of the molecule is CCCCOc1cccc(NC(=O)CNc2ccc(C(=O)N3CCC(C)CC3)cc2)c1. The maximum Gasteiger partial charge on any atom is 0.253 e. The molecule has 1 aliphatic rings. The molecule has 0 aliphatic carbocycles. The van der Waals surface area contributed by atoms with Crippen LogP contribution in [0.4, 0.5) is 11.4 Å². The average molecular weight is 424 g/mol. The Morgan fingerprint density at radius 3 is 2.52 bits per heavy atom. The number of rotatable bonds is 9. The van der Waals surface area contributed by atoms with Gasteiger partial charge >= 0.3 is 0 Å². The molecule has 6 heteroatoms. The topological polar surface area (TPSA) is 70.7 Å². The molecule has 0 bridgehead atoms. The average Bonchev–Trinajstić information content (AvgIpc) is 2.78. The molecule has 6 nitrogen and oxygen atoms in total. The second kappa shape index (κ2) is 11.4. The van der Waals surface area contributed by atoms with E-state index in [4.69, 9.17) is 4.74 Å². The minimum atomic E-state index is -0.145. The molecule has 166 valence electrons. The van der Waals surface area contributed by atoms with Gasteiger partial charge in [0.05, 0.1) is 13.2 Å². The van der Waals surface area contributed by atoms with Crippen LogP contribution in [0.15, 0.2) is 48.5 Å². The lowest BCUT2D eigenvalue weighted by molar-refractivity contribution is -0.114. The second-order valence-corrected chi connectivity index (χ2v) is 8.18. The van der Waals surface area contributed by atoms with E-state index in [0.29, 0.717) is 23.8 Å². The molecule has 2 amide bonds. The van der Waals surface area contributed by atoms with Crippen LogP contribution in [-0.2, 0) is 4.79 Å². The van der Waals surface area contributed by atoms with Gasteiger partial charge in [0.1, 0.15) is 5.75 Å². The van der Waals surface area contributed by atoms with Crippen molar-refractivity contribution >= 4 is 23.2 Å². The van der Waals surface area contributed by atoms with Gasteiger partial charge in [-0.2, -0.15) is 0 Å². The molecular formula is C25H33N3O3. The number of ether oxygens (including phenoxy) is 1. The van der Waals surface area contributed by atoms with Crippen LogP contribution in [-0.4, -0.2) is 43.0 Å². The van der Waals surface area contributed by atoms with E-state index >= 15 is 0 Å². The highest BCUT2D eigenvalue weighted by molar-refractivity contribution is 5.95. The highest BCUT2D eigenvalue weighted by atomic mass is 16.5. The summed E-state index contributed by atoms with van der Waals surface area (Å²) in [6.07, 6.45) is 4.21. The third-order valence-corrected chi connectivity index (χ3v) is 5.54. The van der Waals surface area contributed by atoms with Crippen LogP contribution >= 0.6 is 0 Å². The van der Waals surface area contributed by atoms with Crippen molar-refractivity contribution in [1.29, 1.82) is 0 Å². The van der Waals surface area contributed by atoms with E-state index in [2.05, 4.69) is 24.5 Å². The molecule has 0 atom stereocenters. The summed E-state index contributed by atoms with van der Waals surface area (Å²) in [7, 11) is 0. The van der Waals surface area contributed by atoms with E-state index in [1.807, 2.05) is 53.4 Å². The third-order valence-electron chi connectivity index (χ3n) is 5.54. The zero-order valence-electron chi connectivity index (χ0n) is 18.5. The first-order valence-corrected chi connectivity index (χ1v) is 11.2. The summed E-state index contributed by atoms with van der Waals surface area (Å²) in [6, 6.07) is 14.7. The minimum absolute atomic E-state index is 0.0808. The molecule has 3 rings (SSSR count). The van der Waals surface area contributed by atoms with Crippen LogP contribution in [0.5, 0.6) is 5.75 Å². The van der Waals surface area contributed by atoms with Crippen LogP contribution in [0.25, 0.3) is 0 Å². The van der Waals surface area contributed by atoms with Crippen molar-refractivity contribution in [3.05, 3.63) is 54.1 Å². The van der Waals surface area contributed by atoms with Gasteiger partial charge in [0.2, 0.25) is 5.91 Å². The summed E-state index contributed by atoms with van der Waals surface area (Å²) in [6.45, 7) is 6.81. The van der Waals surface area contributed by atoms with Crippen LogP contribution in [0.2, 0.25) is 0 Å². The van der Waals surface area contributed by atoms with E-state index in [-0.39, 0.29) is 18.4 Å². The molecule has 1 fully saturated rings. The van der Waals surface area contributed by atoms with Crippen molar-refractivity contribution in [2.45, 2.75) is 39.5 Å². The number of hydrogen-bond donors (Lipinski definition) is 2. The van der Waals surface area contributed by atoms with Gasteiger partial charge in [0.25, 0.3) is 5.91 Å². The van der Waals surface area contributed by atoms with Crippen molar-refractivity contribution in [3.63, 3.8) is 0 Å². The zero-order valence-corrected chi connectivity index (χ0v) is 18.5. The Bertz CT molecular complexity index is 859. The Labute approximate surface area is 185 Å². The molecule has 2 N–H and O–H groups in total. The van der Waals surface area contributed by atoms with Gasteiger partial charge in [-0.15, -0.1) is 0 Å². The highest BCUT2D eigenvalue weighted by Gasteiger charge is 2.21. The van der Waals surface area contributed by atoms with E-state index in [0.717, 1.165) is 50.2 Å². The fraction of sp³-hybridized carbons (Fsp3) is 0.440. The number of unbranched alkanes of at least 4 members (excludes halogenated alkanes) is 1. The van der Waals surface area contributed by atoms with Crippen LogP contribution in [0.1, 0.15) is 49.9 Å². The van der Waals surface area contributed by atoms with Crippen molar-refractivity contribution in [1.82, 2.24) is 4.90 Å². The van der Waals surface area contributed by atoms with E-state index in [9.17, 15) is 9.59 Å². The number of hydrogen-bond acceptors (Lipinski definition) is 4. The largest absolute Gasteiger partial charge is 0.494 e. The molecule has 1 aliphatic heterocycles. The summed E-state index contributed by atoms with van der Waals surface area (Å²) >= 11 is 0. The third kappa shape index (κ3) is 7.02. The molecule has 0 radical (unpaired) electrons. The standard InChI is InChI=1S/C25H33N3O3/c1-3-4-16-31-23-7-5-6-22(17-23)27-24(29)18-26-21-10-8-20(9-11-21)25(30)28-14-12-19(2)13-15-28/h5-11,17,19,26H,3-4,12-16,18H2,1-2H3,(H,27,29). The van der Waals surface area contributed by atoms with Crippen molar-refractivity contribution in [2.75, 3.05) is 36.9 Å². The first kappa shape index (κ1) is 22.7. The lowest BCUT2D eigenvalue weighted by Gasteiger charge is -2.30. The highest BCUT2D eigenvalue weighted by Crippen LogP contribution is 2.20. The fourth-order valence-electron chi connectivity index (χ4n) is 3.51. The molecule has 0 unspecified atom stereocenters. The van der Waals surface area contributed by atoms with Gasteiger partial charge in [-0.3, -0.25) is 9.59 Å². The Kier molecular flexibility index (Phi) is 8.33. The van der Waals surface area contributed by atoms with Crippen molar-refractivity contribution in [2.24, 2.45) is 5.92 Å². The number of piperidine rings is 1. The number of carbonyl (C=O) groups excluding carboxylic acids is 2. The van der Waals surface area contributed by atoms with Crippen LogP contribution < -0.4 is 15.4 Å². The first-order chi connectivity index (χ1) is 15.0. The van der Waals surface area contributed by atoms with Crippen molar-refractivity contribution in [3.8, 4) is 5.75 Å². The number of nitrogens with one attached hydrogen (secondary N) is 2. The predicted octanol–water partition coefficient (Wildman–Crippen LogP) is 4.79. The number of amides is 2. The predicted molar refractivity (Wildman–Crippen MR) is 125 cm³/mol. The Hall–Kier alpha value is -3.02. The minimum Gasteiger partial charge on any atom is -0.494 e. The molecule has 1 heterocycles. The summed E-state index contributed by atoms with van der Waals surface area (Å²) < 4.78 is 5.68. The molecule has 0 aromatic heterocycles. The maximum absolute atomic E-state index is 12.6. The van der Waals surface area contributed by atoms with Gasteiger partial charge in [-0.25, -0.2) is 0 Å². The quantitative estimate of drug-likeness (QED) is 0.569. The number of likely N-dealkylation sites (tertiary alicyclic amines) is 1. The van der Waals surface area contributed by atoms with Gasteiger partial charge < -0.3 is 20.3 Å². The monoisotopic (exact) mass is 423 g/mol. The number of anilines is 2. The lowest BCUT2D eigenvalue weighted by atomic mass is 9.98. The van der Waals surface area contributed by atoms with Crippen LogP contribution in [0.3, 0.4) is 0 Å². The number of benzene rings is 2. The number of nitrogens with zero attached hydrogens (tertiary/aromatic N) is 1. The Balaban J connectivity index is 1.46. The van der Waals surface area contributed by atoms with Gasteiger partial charge in [-0.1, -0.05) is 26.3 Å². The molecule has 0 saturated carbocycles. The number of carbonyl (C=O) groups is 2. The summed E-state index contributed by atoms with van der Waals surface area (Å²) in [5.74, 6) is 1.38. The van der Waals surface area contributed by atoms with Gasteiger partial charge in [0.15, 0.2) is 0 Å². The van der Waals surface area contributed by atoms with Crippen molar-refractivity contribution < 1.29 is 14.3 Å². The maximum atomic E-state index is 12.6. The van der Waals surface area contributed by atoms with E-state index in [1.165, 1.54) is 0 Å². The Morgan fingerprint density at radius 2 is 1.81 bits per heavy atom. The molecule has 2 aromatic rings. The fourth-order valence-corrected chi connectivity index (χ4v) is 3.51. The molecule has 1 saturated heterocycles. The molecule has 31 heavy (non-hydrogen) atoms. The molecule has 2 aromatic carbocycles. The molecule has 0 spiro atoms. The van der Waals surface area contributed by atoms with Crippen LogP contribution in [0, 0.1) is 5.92 Å².